The van der Waals surface area contributed by atoms with E-state index in [0.29, 0.717) is 21.7 Å². The normalized spacial score (nSPS) is 11.0. The fourth-order valence-electron chi connectivity index (χ4n) is 2.75. The molecule has 0 aliphatic heterocycles. The summed E-state index contributed by atoms with van der Waals surface area (Å²) in [5.74, 6) is 0.721. The number of nitrogens with one attached hydrogen (secondary N) is 2. The third kappa shape index (κ3) is 6.96. The van der Waals surface area contributed by atoms with Crippen molar-refractivity contribution in [2.45, 2.75) is 33.7 Å². The lowest BCUT2D eigenvalue weighted by Crippen LogP contribution is -2.32. The number of aryl methyl sites for hydroxylation is 1. The first-order valence-corrected chi connectivity index (χ1v) is 10.3. The Morgan fingerprint density at radius 3 is 2.63 bits per heavy atom. The number of hydrogen-bond donors (Lipinski definition) is 2. The molecule has 0 saturated heterocycles. The van der Waals surface area contributed by atoms with Crippen molar-refractivity contribution in [2.75, 3.05) is 31.5 Å². The maximum atomic E-state index is 6.26. The lowest BCUT2D eigenvalue weighted by atomic mass is 10.2. The maximum Gasteiger partial charge on any atom is 0.171 e. The van der Waals surface area contributed by atoms with E-state index in [-0.39, 0.29) is 0 Å². The van der Waals surface area contributed by atoms with E-state index in [2.05, 4.69) is 34.5 Å². The molecule has 5 nitrogen and oxygen atoms in total. The lowest BCUT2D eigenvalue weighted by Gasteiger charge is -2.18. The highest BCUT2D eigenvalue weighted by Crippen LogP contribution is 2.22. The van der Waals surface area contributed by atoms with Crippen LogP contribution in [0.1, 0.15) is 31.5 Å². The van der Waals surface area contributed by atoms with Crippen LogP contribution in [0.4, 0.5) is 5.82 Å². The average molecular weight is 428 g/mol. The Hall–Kier alpha value is -1.34. The van der Waals surface area contributed by atoms with E-state index in [1.807, 2.05) is 29.8 Å². The molecule has 2 rings (SSSR count). The first kappa shape index (κ1) is 22.0. The summed E-state index contributed by atoms with van der Waals surface area (Å²) in [6.45, 7) is 11.0. The van der Waals surface area contributed by atoms with Crippen LogP contribution < -0.4 is 10.6 Å². The van der Waals surface area contributed by atoms with Crippen LogP contribution >= 0.6 is 35.4 Å². The van der Waals surface area contributed by atoms with Gasteiger partial charge in [0, 0.05) is 28.4 Å². The van der Waals surface area contributed by atoms with Gasteiger partial charge in [0.05, 0.1) is 6.54 Å². The van der Waals surface area contributed by atoms with Crippen molar-refractivity contribution < 1.29 is 0 Å². The minimum atomic E-state index is 0.577. The van der Waals surface area contributed by atoms with E-state index in [1.165, 1.54) is 0 Å². The van der Waals surface area contributed by atoms with Crippen LogP contribution in [0.2, 0.25) is 10.0 Å². The molecule has 0 unspecified atom stereocenters. The molecule has 0 bridgehead atoms. The molecule has 0 fully saturated rings. The zero-order valence-electron chi connectivity index (χ0n) is 16.1. The molecule has 0 atom stereocenters. The second-order valence-electron chi connectivity index (χ2n) is 6.33. The van der Waals surface area contributed by atoms with Gasteiger partial charge < -0.3 is 15.5 Å². The van der Waals surface area contributed by atoms with Crippen LogP contribution in [-0.2, 0) is 6.54 Å². The molecule has 1 heterocycles. The fourth-order valence-corrected chi connectivity index (χ4v) is 3.42. The van der Waals surface area contributed by atoms with Gasteiger partial charge in [-0.3, -0.25) is 4.68 Å². The molecule has 8 heteroatoms. The van der Waals surface area contributed by atoms with Gasteiger partial charge in [0.15, 0.2) is 10.9 Å². The zero-order chi connectivity index (χ0) is 19.8. The van der Waals surface area contributed by atoms with Gasteiger partial charge in [-0.05, 0) is 62.9 Å². The van der Waals surface area contributed by atoms with Gasteiger partial charge in [-0.15, -0.1) is 0 Å². The summed E-state index contributed by atoms with van der Waals surface area (Å²) in [6.07, 6.45) is 1.05. The van der Waals surface area contributed by atoms with Crippen LogP contribution in [-0.4, -0.2) is 46.0 Å². The van der Waals surface area contributed by atoms with Gasteiger partial charge in [-0.25, -0.2) is 0 Å². The molecule has 0 aliphatic carbocycles. The van der Waals surface area contributed by atoms with Crippen molar-refractivity contribution in [1.82, 2.24) is 20.0 Å². The lowest BCUT2D eigenvalue weighted by molar-refractivity contribution is 0.300. The summed E-state index contributed by atoms with van der Waals surface area (Å²) < 4.78 is 1.89. The van der Waals surface area contributed by atoms with Crippen LogP contribution in [0.15, 0.2) is 24.3 Å². The topological polar surface area (TPSA) is 45.1 Å². The smallest absolute Gasteiger partial charge is 0.171 e. The Bertz CT molecular complexity index is 759. The molecule has 0 spiro atoms. The summed E-state index contributed by atoms with van der Waals surface area (Å²) >= 11 is 17.6. The zero-order valence-corrected chi connectivity index (χ0v) is 18.4. The van der Waals surface area contributed by atoms with Gasteiger partial charge in [-0.1, -0.05) is 43.1 Å². The Morgan fingerprint density at radius 1 is 1.22 bits per heavy atom. The van der Waals surface area contributed by atoms with E-state index < -0.39 is 0 Å². The van der Waals surface area contributed by atoms with Crippen LogP contribution in [0.5, 0.6) is 0 Å². The van der Waals surface area contributed by atoms with Gasteiger partial charge in [-0.2, -0.15) is 5.10 Å². The summed E-state index contributed by atoms with van der Waals surface area (Å²) in [7, 11) is 0. The van der Waals surface area contributed by atoms with Gasteiger partial charge in [0.2, 0.25) is 0 Å². The molecule has 0 amide bonds. The Morgan fingerprint density at radius 2 is 1.96 bits per heavy atom. The van der Waals surface area contributed by atoms with Crippen molar-refractivity contribution >= 4 is 46.4 Å². The van der Waals surface area contributed by atoms with Crippen LogP contribution in [0.25, 0.3) is 0 Å². The highest BCUT2D eigenvalue weighted by Gasteiger charge is 2.09. The average Bonchev–Trinajstić information content (AvgIpc) is 2.96. The molecule has 0 aliphatic rings. The number of nitrogens with zero attached hydrogens (tertiary/aromatic N) is 3. The molecule has 2 aromatic rings. The van der Waals surface area contributed by atoms with Crippen molar-refractivity contribution in [1.29, 1.82) is 0 Å². The number of anilines is 1. The van der Waals surface area contributed by atoms with Crippen molar-refractivity contribution in [3.8, 4) is 0 Å². The van der Waals surface area contributed by atoms with Crippen molar-refractivity contribution in [3.63, 3.8) is 0 Å². The summed E-state index contributed by atoms with van der Waals surface area (Å²) in [6, 6.07) is 7.46. The summed E-state index contributed by atoms with van der Waals surface area (Å²) in [4.78, 5) is 2.39. The Kier molecular flexibility index (Phi) is 8.83. The predicted molar refractivity (Wildman–Crippen MR) is 119 cm³/mol. The van der Waals surface area contributed by atoms with E-state index in [0.717, 1.165) is 49.7 Å². The second kappa shape index (κ2) is 10.9. The fraction of sp³-hybridized carbons (Fsp3) is 0.474. The minimum absolute atomic E-state index is 0.577. The van der Waals surface area contributed by atoms with Gasteiger partial charge in [0.25, 0.3) is 0 Å². The van der Waals surface area contributed by atoms with Crippen molar-refractivity contribution in [3.05, 3.63) is 45.6 Å². The maximum absolute atomic E-state index is 6.26. The third-order valence-electron chi connectivity index (χ3n) is 4.39. The highest BCUT2D eigenvalue weighted by atomic mass is 35.5. The van der Waals surface area contributed by atoms with Gasteiger partial charge >= 0.3 is 0 Å². The number of thiocarbonyl (C=S) groups is 1. The van der Waals surface area contributed by atoms with E-state index in [4.69, 9.17) is 35.4 Å². The first-order valence-electron chi connectivity index (χ1n) is 9.18. The molecule has 0 saturated carbocycles. The number of benzene rings is 1. The van der Waals surface area contributed by atoms with Crippen LogP contribution in [0.3, 0.4) is 0 Å². The largest absolute Gasteiger partial charge is 0.362 e. The summed E-state index contributed by atoms with van der Waals surface area (Å²) in [5, 5.41) is 12.8. The highest BCUT2D eigenvalue weighted by molar-refractivity contribution is 7.80. The van der Waals surface area contributed by atoms with Gasteiger partial charge in [0.1, 0.15) is 0 Å². The molecule has 0 radical (unpaired) electrons. The van der Waals surface area contributed by atoms with Crippen molar-refractivity contribution in [2.24, 2.45) is 0 Å². The third-order valence-corrected chi connectivity index (χ3v) is 5.22. The standard InChI is InChI=1S/C19H27Cl2N5S/c1-4-25(5-2)10-6-9-22-19(27)23-18-11-14(3)26(24-18)13-15-7-8-16(20)12-17(15)21/h7-8,11-12H,4-6,9-10,13H2,1-3H3,(H2,22,23,24,27). The minimum Gasteiger partial charge on any atom is -0.362 e. The second-order valence-corrected chi connectivity index (χ2v) is 7.58. The SMILES string of the molecule is CCN(CC)CCCNC(=S)Nc1cc(C)n(Cc2ccc(Cl)cc2Cl)n1. The van der Waals surface area contributed by atoms with E-state index in [9.17, 15) is 0 Å². The van der Waals surface area contributed by atoms with E-state index in [1.54, 1.807) is 6.07 Å². The summed E-state index contributed by atoms with van der Waals surface area (Å²) in [5.41, 5.74) is 1.99. The quantitative estimate of drug-likeness (QED) is 0.453. The molecule has 1 aromatic carbocycles. The predicted octanol–water partition coefficient (Wildman–Crippen LogP) is 4.56. The number of halogens is 2. The molecule has 148 valence electrons. The van der Waals surface area contributed by atoms with E-state index >= 15 is 0 Å². The monoisotopic (exact) mass is 427 g/mol. The number of hydrogen-bond acceptors (Lipinski definition) is 3. The molecule has 2 N–H and O–H groups in total. The molecule has 27 heavy (non-hydrogen) atoms. The Balaban J connectivity index is 1.85. The van der Waals surface area contributed by atoms with Crippen LogP contribution in [0, 0.1) is 6.92 Å². The molecule has 1 aromatic heterocycles. The number of rotatable bonds is 9. The molecular formula is C19H27Cl2N5S. The number of aromatic nitrogens is 2. The first-order chi connectivity index (χ1) is 12.9. The molecular weight excluding hydrogens is 401 g/mol. The Labute approximate surface area is 177 Å².